The van der Waals surface area contributed by atoms with Crippen LogP contribution in [-0.4, -0.2) is 214 Å². The lowest BCUT2D eigenvalue weighted by molar-refractivity contribution is -0.134. The second-order valence-corrected chi connectivity index (χ2v) is 25.3. The molecule has 0 aromatic rings. The molecule has 3 aliphatic carbocycles. The summed E-state index contributed by atoms with van der Waals surface area (Å²) >= 11 is 0. The maximum Gasteiger partial charge on any atom is 0.407 e. The van der Waals surface area contributed by atoms with Gasteiger partial charge in [-0.1, -0.05) is 47.5 Å². The van der Waals surface area contributed by atoms with Gasteiger partial charge in [0, 0.05) is 55.9 Å². The van der Waals surface area contributed by atoms with Gasteiger partial charge in [-0.05, 0) is 109 Å². The van der Waals surface area contributed by atoms with Gasteiger partial charge in [0.05, 0.1) is 142 Å². The van der Waals surface area contributed by atoms with Crippen molar-refractivity contribution in [2.45, 2.75) is 176 Å². The summed E-state index contributed by atoms with van der Waals surface area (Å²) in [4.78, 5) is 89.9. The van der Waals surface area contributed by atoms with Crippen LogP contribution in [0.3, 0.4) is 0 Å². The Bertz CT molecular complexity index is 2290. The Morgan fingerprint density at radius 1 is 0.587 bits per heavy atom. The van der Waals surface area contributed by atoms with Gasteiger partial charge < -0.3 is 79.5 Å². The molecule has 1 fully saturated rings. The first-order valence-electron chi connectivity index (χ1n) is 34.1. The van der Waals surface area contributed by atoms with E-state index in [0.717, 1.165) is 69.2 Å². The number of Topliss-reactive ketones (excluding diaryl/α,β-unsaturated/α-hetero) is 3. The Balaban J connectivity index is 0.920. The average Bonchev–Trinajstić information content (AvgIpc) is 1.62. The summed E-state index contributed by atoms with van der Waals surface area (Å²) in [5.41, 5.74) is 17.8. The number of unbranched alkanes of at least 4 members (excludes halogenated alkanes) is 1. The summed E-state index contributed by atoms with van der Waals surface area (Å²) in [6.45, 7) is 22.2. The lowest BCUT2D eigenvalue weighted by Gasteiger charge is -2.26. The maximum atomic E-state index is 13.9. The van der Waals surface area contributed by atoms with Crippen molar-refractivity contribution in [2.24, 2.45) is 35.5 Å². The van der Waals surface area contributed by atoms with Crippen LogP contribution in [0.15, 0.2) is 22.8 Å². The van der Waals surface area contributed by atoms with E-state index in [2.05, 4.69) is 62.0 Å². The highest BCUT2D eigenvalue weighted by Crippen LogP contribution is 2.54. The summed E-state index contributed by atoms with van der Waals surface area (Å²) in [6, 6.07) is -1.47. The fourth-order valence-electron chi connectivity index (χ4n) is 11.8. The molecule has 0 aromatic heterocycles. The van der Waals surface area contributed by atoms with Crippen molar-refractivity contribution in [3.8, 4) is 0 Å². The maximum absolute atomic E-state index is 13.9. The number of fused-ring (bicyclic) bond motifs is 1. The van der Waals surface area contributed by atoms with Gasteiger partial charge in [-0.25, -0.2) is 4.79 Å². The number of nitrogens with zero attached hydrogens (tertiary/aromatic N) is 2. The second kappa shape index (κ2) is 44.6. The summed E-state index contributed by atoms with van der Waals surface area (Å²) in [7, 11) is 0. The highest BCUT2D eigenvalue weighted by atomic mass is 16.6. The van der Waals surface area contributed by atoms with E-state index in [9.17, 15) is 33.6 Å². The van der Waals surface area contributed by atoms with E-state index in [4.69, 9.17) is 47.4 Å². The van der Waals surface area contributed by atoms with Gasteiger partial charge >= 0.3 is 6.09 Å². The van der Waals surface area contributed by atoms with Gasteiger partial charge in [0.15, 0.2) is 5.78 Å². The number of carbonyl (C=O) groups excluding carboxylic acids is 7. The predicted molar refractivity (Wildman–Crippen MR) is 342 cm³/mol. The van der Waals surface area contributed by atoms with Crippen LogP contribution in [0.4, 0.5) is 4.79 Å². The molecule has 8 N–H and O–H groups in total. The number of amides is 4. The fraction of sp³-hybridized carbons (Fsp3) is 0.831. The number of carbonyl (C=O) groups is 7. The van der Waals surface area contributed by atoms with Gasteiger partial charge in [0.25, 0.3) is 0 Å². The molecule has 0 bridgehead atoms. The van der Waals surface area contributed by atoms with Gasteiger partial charge in [0.1, 0.15) is 30.3 Å². The van der Waals surface area contributed by atoms with E-state index in [0.29, 0.717) is 155 Å². The van der Waals surface area contributed by atoms with Crippen LogP contribution in [-0.2, 0) is 76.1 Å². The third-order valence-electron chi connectivity index (χ3n) is 17.0. The quantitative estimate of drug-likeness (QED) is 0.0396. The van der Waals surface area contributed by atoms with Gasteiger partial charge in [-0.15, -0.1) is 11.1 Å². The SMILES string of the molecule is CC(=O)CCOCCOCCOCCOCCN1NNC2=C1CCCCCC2OCC(=O)NCCCC[C@@H](NC(=O)CCOCCOCCOCCOCCNC(=O)OC[C@@H]1[C@@H]2CCC3=C(CC[C@@H]21)NNN3C(C)C)C(=O)N[C@H](C(=O)C[C@@H](C)C(=O)C(C)C)C(C)C. The van der Waals surface area contributed by atoms with Gasteiger partial charge in [0.2, 0.25) is 17.7 Å². The van der Waals surface area contributed by atoms with Crippen molar-refractivity contribution in [3.63, 3.8) is 0 Å². The lowest BCUT2D eigenvalue weighted by Crippen LogP contribution is -2.53. The zero-order valence-electron chi connectivity index (χ0n) is 56.6. The van der Waals surface area contributed by atoms with E-state index in [-0.39, 0.29) is 86.9 Å². The van der Waals surface area contributed by atoms with Crippen molar-refractivity contribution < 1.29 is 80.9 Å². The predicted octanol–water partition coefficient (Wildman–Crippen LogP) is 4.21. The van der Waals surface area contributed by atoms with Crippen LogP contribution in [0.5, 0.6) is 0 Å². The third-order valence-corrected chi connectivity index (χ3v) is 17.0. The Labute approximate surface area is 546 Å². The van der Waals surface area contributed by atoms with E-state index >= 15 is 0 Å². The molecule has 27 nitrogen and oxygen atoms in total. The number of hydrogen-bond acceptors (Lipinski definition) is 23. The molecule has 0 aromatic carbocycles. The lowest BCUT2D eigenvalue weighted by atomic mass is 9.88. The van der Waals surface area contributed by atoms with Crippen LogP contribution in [0.2, 0.25) is 0 Å². The molecule has 526 valence electrons. The smallest absolute Gasteiger partial charge is 0.407 e. The van der Waals surface area contributed by atoms with Crippen molar-refractivity contribution in [1.29, 1.82) is 0 Å². The van der Waals surface area contributed by atoms with Gasteiger partial charge in [-0.3, -0.25) is 38.8 Å². The molecule has 0 radical (unpaired) electrons. The molecule has 5 aliphatic rings. The van der Waals surface area contributed by atoms with Crippen molar-refractivity contribution in [2.75, 3.05) is 139 Å². The second-order valence-electron chi connectivity index (χ2n) is 25.3. The standard InChI is InChI=1S/C65H114N10O17/c1-45(2)61(57(77)42-48(7)63(80)46(3)4)69-64(81)54(14-12-13-23-66-60(79)44-91-58-16-11-9-10-15-56-62(58)71-72-74(56)25-29-86-33-37-90-41-39-87-34-30-83-26-21-49(8)76)68-59(78)22-27-84-31-35-88-38-40-89-36-32-85-28-24-67-65(82)92-43-52-50-17-19-53-55(20-18-51(50)52)75(47(5)6)73-70-53/h45-48,50-52,54,58,61,70-73H,9-44H2,1-8H3,(H,66,79)(H,67,82)(H,68,78)(H,69,81)/t48-,50+,51-,52+,54-,58?,61+/m1/s1. The first kappa shape index (κ1) is 77.6. The topological polar surface area (TPSA) is 315 Å². The van der Waals surface area contributed by atoms with Crippen LogP contribution < -0.4 is 43.2 Å². The van der Waals surface area contributed by atoms with E-state index in [1.165, 1.54) is 18.3 Å². The minimum Gasteiger partial charge on any atom is -0.449 e. The van der Waals surface area contributed by atoms with Crippen molar-refractivity contribution in [3.05, 3.63) is 22.8 Å². The molecule has 92 heavy (non-hydrogen) atoms. The number of hydrazine groups is 4. The highest BCUT2D eigenvalue weighted by Gasteiger charge is 2.51. The Hall–Kier alpha value is -5.07. The molecule has 2 heterocycles. The van der Waals surface area contributed by atoms with Crippen molar-refractivity contribution in [1.82, 2.24) is 53.2 Å². The highest BCUT2D eigenvalue weighted by molar-refractivity contribution is 5.95. The molecule has 5 rings (SSSR count). The summed E-state index contributed by atoms with van der Waals surface area (Å²) in [5, 5.41) is 15.7. The molecule has 1 saturated carbocycles. The number of ether oxygens (including phenoxy) is 10. The summed E-state index contributed by atoms with van der Waals surface area (Å²) in [6.07, 6.45) is 9.68. The van der Waals surface area contributed by atoms with Crippen LogP contribution in [0, 0.1) is 35.5 Å². The normalized spacial score (nSPS) is 19.8. The van der Waals surface area contributed by atoms with Crippen LogP contribution >= 0.6 is 0 Å². The van der Waals surface area contributed by atoms with Crippen LogP contribution in [0.1, 0.15) is 152 Å². The van der Waals surface area contributed by atoms with Crippen molar-refractivity contribution >= 4 is 41.2 Å². The average molecular weight is 1310 g/mol. The number of nitrogens with one attached hydrogen (secondary N) is 8. The van der Waals surface area contributed by atoms with E-state index < -0.39 is 35.9 Å². The molecular weight excluding hydrogens is 1190 g/mol. The molecule has 0 spiro atoms. The number of hydrogen-bond donors (Lipinski definition) is 8. The van der Waals surface area contributed by atoms with E-state index in [1.807, 2.05) is 18.9 Å². The Morgan fingerprint density at radius 3 is 1.82 bits per heavy atom. The number of ketones is 3. The first-order chi connectivity index (χ1) is 44.4. The minimum absolute atomic E-state index is 0.0125. The molecule has 27 heteroatoms. The molecular formula is C65H114N10O17. The summed E-state index contributed by atoms with van der Waals surface area (Å²) in [5.74, 6) is -0.772. The molecule has 1 unspecified atom stereocenters. The van der Waals surface area contributed by atoms with Crippen LogP contribution in [0.25, 0.3) is 0 Å². The van der Waals surface area contributed by atoms with Gasteiger partial charge in [-0.2, -0.15) is 0 Å². The zero-order chi connectivity index (χ0) is 66.5. The third kappa shape index (κ3) is 29.7. The number of alkyl carbamates (subject to hydrolysis) is 1. The Morgan fingerprint density at radius 2 is 1.20 bits per heavy atom. The number of allylic oxidation sites excluding steroid dienone is 3. The first-order valence-corrected chi connectivity index (χ1v) is 34.1. The molecule has 7 atom stereocenters. The Kier molecular flexibility index (Phi) is 37.6. The minimum atomic E-state index is -0.975. The molecule has 2 aliphatic heterocycles. The summed E-state index contributed by atoms with van der Waals surface area (Å²) < 4.78 is 56.6. The number of rotatable bonds is 50. The molecule has 0 saturated heterocycles. The largest absolute Gasteiger partial charge is 0.449 e. The fourth-order valence-corrected chi connectivity index (χ4v) is 11.8. The molecule has 4 amide bonds. The monoisotopic (exact) mass is 1310 g/mol. The van der Waals surface area contributed by atoms with E-state index in [1.54, 1.807) is 20.8 Å². The zero-order valence-corrected chi connectivity index (χ0v) is 56.6.